The number of nitrogens with one attached hydrogen (secondary N) is 2. The molecule has 27 heavy (non-hydrogen) atoms. The number of likely N-dealkylation sites (tertiary alicyclic amines) is 1. The summed E-state index contributed by atoms with van der Waals surface area (Å²) in [6, 6.07) is 7.89. The van der Waals surface area contributed by atoms with Crippen LogP contribution in [0.25, 0.3) is 11.0 Å². The summed E-state index contributed by atoms with van der Waals surface area (Å²) in [6.07, 6.45) is 3.42. The maximum atomic E-state index is 12.7. The van der Waals surface area contributed by atoms with E-state index < -0.39 is 5.54 Å². The highest BCUT2D eigenvalue weighted by atomic mass is 16.2. The van der Waals surface area contributed by atoms with E-state index in [1.807, 2.05) is 36.2 Å². The van der Waals surface area contributed by atoms with Crippen molar-refractivity contribution in [3.05, 3.63) is 30.1 Å². The molecule has 2 aliphatic rings. The molecule has 2 amide bonds. The first-order chi connectivity index (χ1) is 13.1. The molecule has 2 saturated heterocycles. The lowest BCUT2D eigenvalue weighted by atomic mass is 9.85. The van der Waals surface area contributed by atoms with E-state index in [4.69, 9.17) is 0 Å². The number of para-hydroxylation sites is 2. The lowest BCUT2D eigenvalue weighted by molar-refractivity contribution is -0.141. The maximum Gasteiger partial charge on any atom is 0.240 e. The molecule has 144 valence electrons. The number of hydrogen-bond acceptors (Lipinski definition) is 4. The van der Waals surface area contributed by atoms with Gasteiger partial charge in [0.15, 0.2) is 0 Å². The number of aryl methyl sites for hydroxylation is 1. The van der Waals surface area contributed by atoms with Crippen LogP contribution in [-0.2, 0) is 16.0 Å². The van der Waals surface area contributed by atoms with Crippen molar-refractivity contribution in [1.29, 1.82) is 0 Å². The van der Waals surface area contributed by atoms with Gasteiger partial charge in [0.1, 0.15) is 11.4 Å². The Morgan fingerprint density at radius 1 is 1.22 bits per heavy atom. The molecule has 7 nitrogen and oxygen atoms in total. The number of amides is 2. The normalized spacial score (nSPS) is 20.6. The van der Waals surface area contributed by atoms with Crippen LogP contribution in [0, 0.1) is 0 Å². The number of rotatable bonds is 3. The van der Waals surface area contributed by atoms with Gasteiger partial charge >= 0.3 is 0 Å². The molecule has 0 saturated carbocycles. The van der Waals surface area contributed by atoms with Crippen molar-refractivity contribution in [1.82, 2.24) is 25.1 Å². The fraction of sp³-hybridized carbons (Fsp3) is 0.550. The predicted octanol–water partition coefficient (Wildman–Crippen LogP) is 1.31. The molecular weight excluding hydrogens is 342 g/mol. The van der Waals surface area contributed by atoms with Gasteiger partial charge in [-0.2, -0.15) is 0 Å². The number of hydrogen-bond donors (Lipinski definition) is 2. The van der Waals surface area contributed by atoms with Gasteiger partial charge in [0.2, 0.25) is 11.8 Å². The Morgan fingerprint density at radius 2 is 2.00 bits per heavy atom. The van der Waals surface area contributed by atoms with E-state index in [-0.39, 0.29) is 11.8 Å². The predicted molar refractivity (Wildman–Crippen MR) is 103 cm³/mol. The van der Waals surface area contributed by atoms with E-state index in [9.17, 15) is 9.59 Å². The average molecular weight is 369 g/mol. The monoisotopic (exact) mass is 369 g/mol. The van der Waals surface area contributed by atoms with Crippen LogP contribution in [0.15, 0.2) is 24.3 Å². The minimum atomic E-state index is -0.452. The Balaban J connectivity index is 1.35. The van der Waals surface area contributed by atoms with Gasteiger partial charge in [0.05, 0.1) is 11.0 Å². The zero-order chi connectivity index (χ0) is 18.9. The van der Waals surface area contributed by atoms with Gasteiger partial charge in [0, 0.05) is 39.0 Å². The quantitative estimate of drug-likeness (QED) is 0.855. The van der Waals surface area contributed by atoms with Crippen LogP contribution in [0.3, 0.4) is 0 Å². The lowest BCUT2D eigenvalue weighted by Gasteiger charge is -2.45. The molecule has 0 radical (unpaired) electrons. The lowest BCUT2D eigenvalue weighted by Crippen LogP contribution is -2.61. The Hall–Kier alpha value is -2.41. The van der Waals surface area contributed by atoms with Gasteiger partial charge in [-0.05, 0) is 38.4 Å². The molecule has 1 spiro atoms. The van der Waals surface area contributed by atoms with Crippen LogP contribution < -0.4 is 5.32 Å². The number of aromatic nitrogens is 2. The third-order valence-corrected chi connectivity index (χ3v) is 6.07. The highest BCUT2D eigenvalue weighted by molar-refractivity contribution is 5.87. The van der Waals surface area contributed by atoms with Crippen molar-refractivity contribution in [2.45, 2.75) is 37.6 Å². The van der Waals surface area contributed by atoms with Gasteiger partial charge in [0.25, 0.3) is 0 Å². The van der Waals surface area contributed by atoms with Gasteiger partial charge in [-0.15, -0.1) is 0 Å². The SMILES string of the molecule is CN1CCCNC(=O)C12CCN(C(=O)CCc1nc3ccccc3[nH]1)CC2. The molecule has 1 aromatic heterocycles. The van der Waals surface area contributed by atoms with E-state index >= 15 is 0 Å². The highest BCUT2D eigenvalue weighted by Gasteiger charge is 2.45. The molecule has 0 atom stereocenters. The average Bonchev–Trinajstić information content (AvgIpc) is 3.06. The summed E-state index contributed by atoms with van der Waals surface area (Å²) in [7, 11) is 2.03. The number of nitrogens with zero attached hydrogens (tertiary/aromatic N) is 3. The zero-order valence-corrected chi connectivity index (χ0v) is 15.8. The molecular formula is C20H27N5O2. The number of aromatic amines is 1. The number of likely N-dealkylation sites (N-methyl/N-ethyl adjacent to an activating group) is 1. The van der Waals surface area contributed by atoms with Crippen molar-refractivity contribution in [3.8, 4) is 0 Å². The van der Waals surface area contributed by atoms with Crippen molar-refractivity contribution in [2.75, 3.05) is 33.2 Å². The number of carbonyl (C=O) groups excluding carboxylic acids is 2. The molecule has 0 aliphatic carbocycles. The van der Waals surface area contributed by atoms with Gasteiger partial charge in [-0.25, -0.2) is 4.98 Å². The first-order valence-electron chi connectivity index (χ1n) is 9.79. The van der Waals surface area contributed by atoms with Gasteiger partial charge in [-0.1, -0.05) is 12.1 Å². The summed E-state index contributed by atoms with van der Waals surface area (Å²) < 4.78 is 0. The minimum Gasteiger partial charge on any atom is -0.354 e. The number of fused-ring (bicyclic) bond motifs is 1. The fourth-order valence-electron chi connectivity index (χ4n) is 4.31. The summed E-state index contributed by atoms with van der Waals surface area (Å²) in [5.41, 5.74) is 1.48. The number of H-pyrrole nitrogens is 1. The molecule has 3 heterocycles. The standard InChI is InChI=1S/C20H27N5O2/c1-24-12-4-11-21-19(27)20(24)9-13-25(14-10-20)18(26)8-7-17-22-15-5-2-3-6-16(15)23-17/h2-3,5-6H,4,7-14H2,1H3,(H,21,27)(H,22,23). The van der Waals surface area contributed by atoms with E-state index in [0.717, 1.165) is 36.4 Å². The molecule has 0 unspecified atom stereocenters. The Morgan fingerprint density at radius 3 is 2.78 bits per heavy atom. The van der Waals surface area contributed by atoms with E-state index in [0.29, 0.717) is 38.8 Å². The van der Waals surface area contributed by atoms with Crippen LogP contribution >= 0.6 is 0 Å². The number of benzene rings is 1. The van der Waals surface area contributed by atoms with Gasteiger partial charge < -0.3 is 15.2 Å². The maximum absolute atomic E-state index is 12.7. The molecule has 4 rings (SSSR count). The van der Waals surface area contributed by atoms with Crippen LogP contribution in [0.5, 0.6) is 0 Å². The topological polar surface area (TPSA) is 81.3 Å². The second-order valence-electron chi connectivity index (χ2n) is 7.64. The third kappa shape index (κ3) is 3.43. The molecule has 2 N–H and O–H groups in total. The molecule has 1 aromatic carbocycles. The van der Waals surface area contributed by atoms with Crippen LogP contribution in [-0.4, -0.2) is 70.3 Å². The van der Waals surface area contributed by atoms with Crippen LogP contribution in [0.1, 0.15) is 31.5 Å². The largest absolute Gasteiger partial charge is 0.354 e. The molecule has 2 aromatic rings. The first kappa shape index (κ1) is 18.0. The summed E-state index contributed by atoms with van der Waals surface area (Å²) in [4.78, 5) is 37.2. The van der Waals surface area contributed by atoms with E-state index in [1.54, 1.807) is 0 Å². The van der Waals surface area contributed by atoms with Crippen LogP contribution in [0.4, 0.5) is 0 Å². The molecule has 0 bridgehead atoms. The summed E-state index contributed by atoms with van der Waals surface area (Å²) in [6.45, 7) is 2.93. The summed E-state index contributed by atoms with van der Waals surface area (Å²) >= 11 is 0. The summed E-state index contributed by atoms with van der Waals surface area (Å²) in [5.74, 6) is 1.11. The fourth-order valence-corrected chi connectivity index (χ4v) is 4.31. The summed E-state index contributed by atoms with van der Waals surface area (Å²) in [5, 5.41) is 3.04. The Labute approximate surface area is 159 Å². The third-order valence-electron chi connectivity index (χ3n) is 6.07. The molecule has 2 fully saturated rings. The van der Waals surface area contributed by atoms with Crippen molar-refractivity contribution in [2.24, 2.45) is 0 Å². The minimum absolute atomic E-state index is 0.122. The van der Waals surface area contributed by atoms with Crippen molar-refractivity contribution >= 4 is 22.8 Å². The van der Waals surface area contributed by atoms with Crippen molar-refractivity contribution in [3.63, 3.8) is 0 Å². The molecule has 2 aliphatic heterocycles. The smallest absolute Gasteiger partial charge is 0.240 e. The number of piperidine rings is 1. The van der Waals surface area contributed by atoms with E-state index in [1.165, 1.54) is 0 Å². The molecule has 7 heteroatoms. The van der Waals surface area contributed by atoms with Crippen molar-refractivity contribution < 1.29 is 9.59 Å². The number of carbonyl (C=O) groups is 2. The van der Waals surface area contributed by atoms with Crippen LogP contribution in [0.2, 0.25) is 0 Å². The van der Waals surface area contributed by atoms with Gasteiger partial charge in [-0.3, -0.25) is 14.5 Å². The second kappa shape index (κ2) is 7.31. The van der Waals surface area contributed by atoms with E-state index in [2.05, 4.69) is 20.2 Å². The zero-order valence-electron chi connectivity index (χ0n) is 15.8. The number of imidazole rings is 1. The first-order valence-corrected chi connectivity index (χ1v) is 9.79. The Bertz CT molecular complexity index is 805. The highest BCUT2D eigenvalue weighted by Crippen LogP contribution is 2.30. The second-order valence-corrected chi connectivity index (χ2v) is 7.64. The Kier molecular flexibility index (Phi) is 4.86.